The average molecular weight is 422 g/mol. The molecule has 9 nitrogen and oxygen atoms in total. The number of ether oxygens (including phenoxy) is 1. The molecule has 0 spiro atoms. The second-order valence-electron chi connectivity index (χ2n) is 8.32. The van der Waals surface area contributed by atoms with E-state index in [1.165, 1.54) is 0 Å². The van der Waals surface area contributed by atoms with E-state index in [-0.39, 0.29) is 23.9 Å². The predicted octanol–water partition coefficient (Wildman–Crippen LogP) is 2.48. The quantitative estimate of drug-likeness (QED) is 0.652. The summed E-state index contributed by atoms with van der Waals surface area (Å²) in [6.07, 6.45) is 7.15. The standard InChI is InChI=1S/C22H27N7O2/c30-21(24-17-10-13-31-14-11-17)15-5-7-16(8-6-15)25-22-23-12-9-20(26-22)29-19-4-2-1-3-18(19)27-28-29/h1-4,9,12,15-17H,5-8,10-11,13-14H2,(H,24,30)(H,23,25,26). The molecule has 1 saturated carbocycles. The van der Waals surface area contributed by atoms with Crippen molar-refractivity contribution in [2.24, 2.45) is 5.92 Å². The number of carbonyl (C=O) groups is 1. The third kappa shape index (κ3) is 4.51. The number of nitrogens with zero attached hydrogens (tertiary/aromatic N) is 5. The first kappa shape index (κ1) is 19.9. The Hall–Kier alpha value is -3.07. The van der Waals surface area contributed by atoms with Gasteiger partial charge in [-0.05, 0) is 50.7 Å². The number of aromatic nitrogens is 5. The average Bonchev–Trinajstić information content (AvgIpc) is 3.25. The molecule has 3 aromatic rings. The molecule has 5 rings (SSSR count). The van der Waals surface area contributed by atoms with Crippen LogP contribution in [0.1, 0.15) is 38.5 Å². The van der Waals surface area contributed by atoms with Crippen LogP contribution in [0, 0.1) is 5.92 Å². The number of anilines is 1. The molecule has 2 fully saturated rings. The number of nitrogens with one attached hydrogen (secondary N) is 2. The van der Waals surface area contributed by atoms with Gasteiger partial charge in [0, 0.05) is 43.5 Å². The van der Waals surface area contributed by atoms with E-state index in [2.05, 4.69) is 30.9 Å². The molecule has 1 aromatic carbocycles. The lowest BCUT2D eigenvalue weighted by Gasteiger charge is -2.30. The highest BCUT2D eigenvalue weighted by Crippen LogP contribution is 2.27. The molecule has 0 atom stereocenters. The lowest BCUT2D eigenvalue weighted by Crippen LogP contribution is -2.43. The van der Waals surface area contributed by atoms with Crippen LogP contribution >= 0.6 is 0 Å². The Morgan fingerprint density at radius 2 is 1.81 bits per heavy atom. The Morgan fingerprint density at radius 3 is 2.65 bits per heavy atom. The lowest BCUT2D eigenvalue weighted by molar-refractivity contribution is -0.127. The van der Waals surface area contributed by atoms with Crippen LogP contribution in [0.4, 0.5) is 5.95 Å². The first-order valence-corrected chi connectivity index (χ1v) is 11.0. The Kier molecular flexibility index (Phi) is 5.75. The van der Waals surface area contributed by atoms with E-state index in [4.69, 9.17) is 4.74 Å². The minimum Gasteiger partial charge on any atom is -0.381 e. The fraction of sp³-hybridized carbons (Fsp3) is 0.500. The highest BCUT2D eigenvalue weighted by Gasteiger charge is 2.28. The molecule has 1 amide bonds. The molecule has 2 N–H and O–H groups in total. The smallest absolute Gasteiger partial charge is 0.224 e. The van der Waals surface area contributed by atoms with Gasteiger partial charge in [0.15, 0.2) is 5.82 Å². The van der Waals surface area contributed by atoms with Gasteiger partial charge in [0.25, 0.3) is 0 Å². The van der Waals surface area contributed by atoms with Crippen molar-refractivity contribution in [2.45, 2.75) is 50.6 Å². The topological polar surface area (TPSA) is 107 Å². The molecule has 162 valence electrons. The van der Waals surface area contributed by atoms with E-state index in [0.29, 0.717) is 11.8 Å². The third-order valence-electron chi connectivity index (χ3n) is 6.21. The summed E-state index contributed by atoms with van der Waals surface area (Å²) in [4.78, 5) is 21.6. The van der Waals surface area contributed by atoms with Crippen molar-refractivity contribution in [3.05, 3.63) is 36.5 Å². The summed E-state index contributed by atoms with van der Waals surface area (Å²) in [5.41, 5.74) is 1.73. The second-order valence-corrected chi connectivity index (χ2v) is 8.32. The number of para-hydroxylation sites is 1. The van der Waals surface area contributed by atoms with Crippen molar-refractivity contribution in [2.75, 3.05) is 18.5 Å². The first-order chi connectivity index (χ1) is 15.3. The van der Waals surface area contributed by atoms with E-state index in [0.717, 1.165) is 62.8 Å². The van der Waals surface area contributed by atoms with Crippen LogP contribution in [0.3, 0.4) is 0 Å². The van der Waals surface area contributed by atoms with E-state index in [1.807, 2.05) is 30.3 Å². The number of fused-ring (bicyclic) bond motifs is 1. The highest BCUT2D eigenvalue weighted by molar-refractivity contribution is 5.79. The van der Waals surface area contributed by atoms with Gasteiger partial charge in [-0.15, -0.1) is 5.10 Å². The molecular weight excluding hydrogens is 394 g/mol. The molecule has 0 radical (unpaired) electrons. The van der Waals surface area contributed by atoms with Crippen LogP contribution in [-0.4, -0.2) is 56.2 Å². The molecule has 3 heterocycles. The van der Waals surface area contributed by atoms with Gasteiger partial charge in [-0.2, -0.15) is 9.67 Å². The number of hydrogen-bond donors (Lipinski definition) is 2. The van der Waals surface area contributed by atoms with Crippen LogP contribution in [0.5, 0.6) is 0 Å². The molecule has 0 unspecified atom stereocenters. The normalized spacial score (nSPS) is 22.3. The SMILES string of the molecule is O=C(NC1CCOCC1)C1CCC(Nc2nccc(-n3nnc4ccccc43)n2)CC1. The summed E-state index contributed by atoms with van der Waals surface area (Å²) in [5, 5.41) is 15.1. The zero-order chi connectivity index (χ0) is 21.0. The summed E-state index contributed by atoms with van der Waals surface area (Å²) in [5.74, 6) is 1.54. The van der Waals surface area contributed by atoms with E-state index >= 15 is 0 Å². The molecule has 0 bridgehead atoms. The van der Waals surface area contributed by atoms with Crippen molar-refractivity contribution >= 4 is 22.9 Å². The Balaban J connectivity index is 1.18. The molecule has 1 saturated heterocycles. The minimum atomic E-state index is 0.0923. The predicted molar refractivity (Wildman–Crippen MR) is 116 cm³/mol. The number of rotatable bonds is 5. The van der Waals surface area contributed by atoms with Gasteiger partial charge in [-0.3, -0.25) is 4.79 Å². The maximum Gasteiger partial charge on any atom is 0.224 e. The molecule has 2 aromatic heterocycles. The third-order valence-corrected chi connectivity index (χ3v) is 6.21. The van der Waals surface area contributed by atoms with Crippen molar-refractivity contribution in [3.63, 3.8) is 0 Å². The zero-order valence-electron chi connectivity index (χ0n) is 17.4. The number of amides is 1. The number of benzene rings is 1. The zero-order valence-corrected chi connectivity index (χ0v) is 17.4. The van der Waals surface area contributed by atoms with Crippen LogP contribution in [0.15, 0.2) is 36.5 Å². The first-order valence-electron chi connectivity index (χ1n) is 11.0. The summed E-state index contributed by atoms with van der Waals surface area (Å²) in [6, 6.07) is 10.1. The maximum absolute atomic E-state index is 12.6. The molecule has 31 heavy (non-hydrogen) atoms. The molecular formula is C22H27N7O2. The van der Waals surface area contributed by atoms with E-state index in [1.54, 1.807) is 10.9 Å². The second kappa shape index (κ2) is 8.97. The molecule has 1 aliphatic carbocycles. The van der Waals surface area contributed by atoms with Gasteiger partial charge in [-0.25, -0.2) is 4.98 Å². The van der Waals surface area contributed by atoms with Gasteiger partial charge in [0.05, 0.1) is 5.52 Å². The Bertz CT molecular complexity index is 1040. The fourth-order valence-electron chi connectivity index (χ4n) is 4.42. The molecule has 1 aliphatic heterocycles. The summed E-state index contributed by atoms with van der Waals surface area (Å²) in [6.45, 7) is 1.48. The van der Waals surface area contributed by atoms with E-state index in [9.17, 15) is 4.79 Å². The van der Waals surface area contributed by atoms with Crippen molar-refractivity contribution in [3.8, 4) is 5.82 Å². The van der Waals surface area contributed by atoms with Crippen molar-refractivity contribution < 1.29 is 9.53 Å². The van der Waals surface area contributed by atoms with Crippen LogP contribution in [0.2, 0.25) is 0 Å². The van der Waals surface area contributed by atoms with E-state index < -0.39 is 0 Å². The lowest BCUT2D eigenvalue weighted by atomic mass is 9.85. The van der Waals surface area contributed by atoms with Gasteiger partial charge < -0.3 is 15.4 Å². The monoisotopic (exact) mass is 421 g/mol. The largest absolute Gasteiger partial charge is 0.381 e. The minimum absolute atomic E-state index is 0.0923. The molecule has 2 aliphatic rings. The Labute approximate surface area is 180 Å². The van der Waals surface area contributed by atoms with Gasteiger partial charge >= 0.3 is 0 Å². The summed E-state index contributed by atoms with van der Waals surface area (Å²) < 4.78 is 7.09. The summed E-state index contributed by atoms with van der Waals surface area (Å²) >= 11 is 0. The number of hydrogen-bond acceptors (Lipinski definition) is 7. The molecule has 9 heteroatoms. The van der Waals surface area contributed by atoms with Gasteiger partial charge in [0.2, 0.25) is 11.9 Å². The highest BCUT2D eigenvalue weighted by atomic mass is 16.5. The van der Waals surface area contributed by atoms with Crippen LogP contribution in [-0.2, 0) is 9.53 Å². The Morgan fingerprint density at radius 1 is 1.00 bits per heavy atom. The van der Waals surface area contributed by atoms with Crippen molar-refractivity contribution in [1.29, 1.82) is 0 Å². The van der Waals surface area contributed by atoms with Crippen LogP contribution in [0.25, 0.3) is 16.9 Å². The summed E-state index contributed by atoms with van der Waals surface area (Å²) in [7, 11) is 0. The van der Waals surface area contributed by atoms with Crippen molar-refractivity contribution in [1.82, 2.24) is 30.3 Å². The number of carbonyl (C=O) groups excluding carboxylic acids is 1. The fourth-order valence-corrected chi connectivity index (χ4v) is 4.42. The van der Waals surface area contributed by atoms with Crippen LogP contribution < -0.4 is 10.6 Å². The maximum atomic E-state index is 12.6. The van der Waals surface area contributed by atoms with Gasteiger partial charge in [0.1, 0.15) is 5.52 Å². The van der Waals surface area contributed by atoms with Gasteiger partial charge in [-0.1, -0.05) is 17.3 Å².